The summed E-state index contributed by atoms with van der Waals surface area (Å²) in [7, 11) is 0. The zero-order valence-corrected chi connectivity index (χ0v) is 11.9. The average Bonchev–Trinajstić information content (AvgIpc) is 2.79. The van der Waals surface area contributed by atoms with Crippen molar-refractivity contribution in [1.82, 2.24) is 15.1 Å². The lowest BCUT2D eigenvalue weighted by atomic mass is 10.1. The molecule has 0 fully saturated rings. The van der Waals surface area contributed by atoms with E-state index in [4.69, 9.17) is 0 Å². The van der Waals surface area contributed by atoms with Crippen molar-refractivity contribution < 1.29 is 0 Å². The van der Waals surface area contributed by atoms with Crippen LogP contribution in [-0.4, -0.2) is 16.3 Å². The van der Waals surface area contributed by atoms with Gasteiger partial charge in [0, 0.05) is 24.8 Å². The molecule has 1 aromatic heterocycles. The van der Waals surface area contributed by atoms with Gasteiger partial charge in [0.1, 0.15) is 0 Å². The predicted molar refractivity (Wildman–Crippen MR) is 79.1 cm³/mol. The van der Waals surface area contributed by atoms with Crippen LogP contribution < -0.4 is 5.32 Å². The van der Waals surface area contributed by atoms with Crippen LogP contribution in [0.25, 0.3) is 0 Å². The van der Waals surface area contributed by atoms with Crippen LogP contribution in [-0.2, 0) is 19.5 Å². The molecule has 3 heteroatoms. The molecule has 0 aliphatic rings. The fraction of sp³-hybridized carbons (Fsp3) is 0.438. The summed E-state index contributed by atoms with van der Waals surface area (Å²) in [5, 5.41) is 8.01. The molecule has 102 valence electrons. The Hall–Kier alpha value is -1.61. The van der Waals surface area contributed by atoms with Crippen molar-refractivity contribution in [3.63, 3.8) is 0 Å². The minimum Gasteiger partial charge on any atom is -0.313 e. The highest BCUT2D eigenvalue weighted by Gasteiger charge is 2.04. The molecule has 2 aromatic rings. The third-order valence-corrected chi connectivity index (χ3v) is 3.26. The normalized spacial score (nSPS) is 10.8. The van der Waals surface area contributed by atoms with Crippen LogP contribution in [0.1, 0.15) is 30.2 Å². The number of nitrogens with one attached hydrogen (secondary N) is 1. The van der Waals surface area contributed by atoms with Crippen LogP contribution >= 0.6 is 0 Å². The van der Waals surface area contributed by atoms with E-state index in [1.54, 1.807) is 0 Å². The van der Waals surface area contributed by atoms with Gasteiger partial charge >= 0.3 is 0 Å². The first-order valence-corrected chi connectivity index (χ1v) is 7.07. The summed E-state index contributed by atoms with van der Waals surface area (Å²) in [6.45, 7) is 7.20. The Morgan fingerprint density at radius 2 is 2.00 bits per heavy atom. The van der Waals surface area contributed by atoms with Gasteiger partial charge in [-0.05, 0) is 31.9 Å². The predicted octanol–water partition coefficient (Wildman–Crippen LogP) is 2.93. The van der Waals surface area contributed by atoms with E-state index in [9.17, 15) is 0 Å². The quantitative estimate of drug-likeness (QED) is 0.773. The van der Waals surface area contributed by atoms with Gasteiger partial charge in [-0.2, -0.15) is 5.10 Å². The van der Waals surface area contributed by atoms with E-state index in [0.717, 1.165) is 31.7 Å². The van der Waals surface area contributed by atoms with Gasteiger partial charge in [-0.15, -0.1) is 0 Å². The highest BCUT2D eigenvalue weighted by atomic mass is 15.3. The SMILES string of the molecule is CCCNCc1cn(CCc2ccccc2)nc1C. The second-order valence-electron chi connectivity index (χ2n) is 4.92. The number of hydrogen-bond donors (Lipinski definition) is 1. The number of hydrogen-bond acceptors (Lipinski definition) is 2. The van der Waals surface area contributed by atoms with E-state index in [1.165, 1.54) is 17.5 Å². The number of nitrogens with zero attached hydrogens (tertiary/aromatic N) is 2. The molecule has 0 radical (unpaired) electrons. The summed E-state index contributed by atoms with van der Waals surface area (Å²) in [4.78, 5) is 0. The molecule has 0 unspecified atom stereocenters. The minimum absolute atomic E-state index is 0.922. The molecule has 1 heterocycles. The first-order valence-electron chi connectivity index (χ1n) is 7.07. The molecule has 0 amide bonds. The average molecular weight is 257 g/mol. The van der Waals surface area contributed by atoms with Crippen LogP contribution in [0.5, 0.6) is 0 Å². The van der Waals surface area contributed by atoms with Crippen LogP contribution in [0.4, 0.5) is 0 Å². The summed E-state index contributed by atoms with van der Waals surface area (Å²) < 4.78 is 2.06. The maximum atomic E-state index is 4.58. The molecule has 1 N–H and O–H groups in total. The maximum Gasteiger partial charge on any atom is 0.0638 e. The van der Waals surface area contributed by atoms with Crippen molar-refractivity contribution in [2.75, 3.05) is 6.54 Å². The van der Waals surface area contributed by atoms with E-state index in [2.05, 4.69) is 65.5 Å². The highest BCUT2D eigenvalue weighted by molar-refractivity contribution is 5.16. The van der Waals surface area contributed by atoms with E-state index in [0.29, 0.717) is 0 Å². The van der Waals surface area contributed by atoms with Crippen LogP contribution in [0.15, 0.2) is 36.5 Å². The molecule has 0 aliphatic carbocycles. The van der Waals surface area contributed by atoms with Crippen molar-refractivity contribution in [2.45, 2.75) is 39.8 Å². The number of rotatable bonds is 7. The second-order valence-corrected chi connectivity index (χ2v) is 4.92. The molecular weight excluding hydrogens is 234 g/mol. The zero-order chi connectivity index (χ0) is 13.5. The molecule has 1 aromatic carbocycles. The lowest BCUT2D eigenvalue weighted by Gasteiger charge is -2.02. The molecular formula is C16H23N3. The summed E-state index contributed by atoms with van der Waals surface area (Å²) in [5.41, 5.74) is 3.81. The Morgan fingerprint density at radius 3 is 2.74 bits per heavy atom. The van der Waals surface area contributed by atoms with Crippen LogP contribution in [0.2, 0.25) is 0 Å². The van der Waals surface area contributed by atoms with Crippen LogP contribution in [0, 0.1) is 6.92 Å². The molecule has 0 spiro atoms. The second kappa shape index (κ2) is 7.10. The lowest BCUT2D eigenvalue weighted by Crippen LogP contribution is -2.13. The van der Waals surface area contributed by atoms with Gasteiger partial charge in [0.15, 0.2) is 0 Å². The zero-order valence-electron chi connectivity index (χ0n) is 11.9. The van der Waals surface area contributed by atoms with E-state index >= 15 is 0 Å². The number of benzene rings is 1. The van der Waals surface area contributed by atoms with Crippen LogP contribution in [0.3, 0.4) is 0 Å². The summed E-state index contributed by atoms with van der Waals surface area (Å²) in [6.07, 6.45) is 4.37. The summed E-state index contributed by atoms with van der Waals surface area (Å²) >= 11 is 0. The molecule has 0 saturated heterocycles. The topological polar surface area (TPSA) is 29.9 Å². The highest BCUT2D eigenvalue weighted by Crippen LogP contribution is 2.07. The number of aryl methyl sites for hydroxylation is 3. The molecule has 2 rings (SSSR count). The fourth-order valence-electron chi connectivity index (χ4n) is 2.14. The molecule has 0 atom stereocenters. The van der Waals surface area contributed by atoms with E-state index < -0.39 is 0 Å². The van der Waals surface area contributed by atoms with E-state index in [1.807, 2.05) is 0 Å². The first-order chi connectivity index (χ1) is 9.29. The van der Waals surface area contributed by atoms with Gasteiger partial charge in [0.05, 0.1) is 5.69 Å². The largest absolute Gasteiger partial charge is 0.313 e. The van der Waals surface area contributed by atoms with E-state index in [-0.39, 0.29) is 0 Å². The van der Waals surface area contributed by atoms with Crippen molar-refractivity contribution in [3.8, 4) is 0 Å². The Kier molecular flexibility index (Phi) is 5.16. The Morgan fingerprint density at radius 1 is 1.21 bits per heavy atom. The van der Waals surface area contributed by atoms with Gasteiger partial charge in [-0.25, -0.2) is 0 Å². The van der Waals surface area contributed by atoms with Gasteiger partial charge in [0.2, 0.25) is 0 Å². The van der Waals surface area contributed by atoms with Gasteiger partial charge < -0.3 is 5.32 Å². The monoisotopic (exact) mass is 257 g/mol. The standard InChI is InChI=1S/C16H23N3/c1-3-10-17-12-16-13-19(18-14(16)2)11-9-15-7-5-4-6-8-15/h4-8,13,17H,3,9-12H2,1-2H3. The first kappa shape index (κ1) is 13.8. The van der Waals surface area contributed by atoms with Gasteiger partial charge in [-0.3, -0.25) is 4.68 Å². The Bertz CT molecular complexity index is 488. The smallest absolute Gasteiger partial charge is 0.0638 e. The van der Waals surface area contributed by atoms with Crippen molar-refractivity contribution in [3.05, 3.63) is 53.3 Å². The maximum absolute atomic E-state index is 4.58. The fourth-order valence-corrected chi connectivity index (χ4v) is 2.14. The molecule has 0 bridgehead atoms. The lowest BCUT2D eigenvalue weighted by molar-refractivity contribution is 0.609. The van der Waals surface area contributed by atoms with Crippen molar-refractivity contribution in [1.29, 1.82) is 0 Å². The third-order valence-electron chi connectivity index (χ3n) is 3.26. The minimum atomic E-state index is 0.922. The number of aromatic nitrogens is 2. The summed E-state index contributed by atoms with van der Waals surface area (Å²) in [6, 6.07) is 10.6. The third kappa shape index (κ3) is 4.21. The Balaban J connectivity index is 1.89. The Labute approximate surface area is 115 Å². The van der Waals surface area contributed by atoms with Crippen molar-refractivity contribution in [2.24, 2.45) is 0 Å². The summed E-state index contributed by atoms with van der Waals surface area (Å²) in [5.74, 6) is 0. The molecule has 3 nitrogen and oxygen atoms in total. The molecule has 19 heavy (non-hydrogen) atoms. The molecule has 0 saturated carbocycles. The van der Waals surface area contributed by atoms with Gasteiger partial charge in [-0.1, -0.05) is 37.3 Å². The van der Waals surface area contributed by atoms with Crippen molar-refractivity contribution >= 4 is 0 Å². The molecule has 0 aliphatic heterocycles. The van der Waals surface area contributed by atoms with Gasteiger partial charge in [0.25, 0.3) is 0 Å².